The summed E-state index contributed by atoms with van der Waals surface area (Å²) in [6, 6.07) is 8.01. The minimum Gasteiger partial charge on any atom is -0.263 e. The number of carbonyl (C=O) groups excluding carboxylic acids is 3. The molecule has 4 amide bonds. The number of urea groups is 1. The van der Waals surface area contributed by atoms with Gasteiger partial charge >= 0.3 is 17.8 Å². The highest BCUT2D eigenvalue weighted by atomic mass is 16.2. The molecule has 1 aliphatic heterocycles. The van der Waals surface area contributed by atoms with Gasteiger partial charge in [0, 0.05) is 0 Å². The van der Waals surface area contributed by atoms with Crippen molar-refractivity contribution in [2.24, 2.45) is 0 Å². The molecule has 1 saturated heterocycles. The van der Waals surface area contributed by atoms with Gasteiger partial charge in [0.1, 0.15) is 12.7 Å². The van der Waals surface area contributed by atoms with Crippen molar-refractivity contribution in [1.29, 1.82) is 0 Å². The van der Waals surface area contributed by atoms with Gasteiger partial charge in [-0.1, -0.05) is 30.3 Å². The van der Waals surface area contributed by atoms with Crippen LogP contribution >= 0.6 is 0 Å². The van der Waals surface area contributed by atoms with E-state index >= 15 is 0 Å². The molecule has 0 unspecified atom stereocenters. The molecule has 8 heteroatoms. The Morgan fingerprint density at radius 1 is 1.04 bits per heavy atom. The summed E-state index contributed by atoms with van der Waals surface area (Å²) in [6.45, 7) is 2.09. The van der Waals surface area contributed by atoms with E-state index in [4.69, 9.17) is 0 Å². The van der Waals surface area contributed by atoms with E-state index in [-0.39, 0.29) is 13.1 Å². The second-order valence-corrected chi connectivity index (χ2v) is 5.16. The number of amides is 4. The van der Waals surface area contributed by atoms with Gasteiger partial charge in [-0.05, 0) is 12.5 Å². The molecule has 2 heterocycles. The zero-order valence-electron chi connectivity index (χ0n) is 12.5. The van der Waals surface area contributed by atoms with Crippen LogP contribution in [-0.4, -0.2) is 49.0 Å². The van der Waals surface area contributed by atoms with Crippen LogP contribution in [0.15, 0.2) is 43.0 Å². The van der Waals surface area contributed by atoms with E-state index in [1.165, 1.54) is 17.3 Å². The van der Waals surface area contributed by atoms with Crippen LogP contribution in [0.2, 0.25) is 0 Å². The minimum atomic E-state index is -0.808. The van der Waals surface area contributed by atoms with Gasteiger partial charge < -0.3 is 0 Å². The fourth-order valence-corrected chi connectivity index (χ4v) is 2.49. The van der Waals surface area contributed by atoms with Crippen molar-refractivity contribution >= 4 is 17.8 Å². The Kier molecular flexibility index (Phi) is 3.88. The average Bonchev–Trinajstić information content (AvgIpc) is 3.15. The molecule has 0 radical (unpaired) electrons. The number of hydrogen-bond acceptors (Lipinski definition) is 5. The zero-order chi connectivity index (χ0) is 16.4. The largest absolute Gasteiger partial charge is 0.334 e. The lowest BCUT2D eigenvalue weighted by Crippen LogP contribution is -2.36. The van der Waals surface area contributed by atoms with E-state index in [1.807, 2.05) is 30.3 Å². The quantitative estimate of drug-likeness (QED) is 0.602. The maximum absolute atomic E-state index is 12.5. The van der Waals surface area contributed by atoms with Crippen molar-refractivity contribution in [1.82, 2.24) is 24.6 Å². The number of benzene rings is 1. The third kappa shape index (κ3) is 2.70. The van der Waals surface area contributed by atoms with Gasteiger partial charge in [-0.25, -0.2) is 14.7 Å². The summed E-state index contributed by atoms with van der Waals surface area (Å²) in [5.41, 5.74) is 0.792. The first kappa shape index (κ1) is 14.9. The van der Waals surface area contributed by atoms with Crippen LogP contribution in [0, 0.1) is 0 Å². The molecule has 2 aromatic rings. The highest BCUT2D eigenvalue weighted by Gasteiger charge is 2.46. The molecule has 0 N–H and O–H groups in total. The Morgan fingerprint density at radius 3 is 2.43 bits per heavy atom. The van der Waals surface area contributed by atoms with Crippen LogP contribution < -0.4 is 0 Å². The first-order valence-electron chi connectivity index (χ1n) is 7.16. The molecule has 0 saturated carbocycles. The predicted octanol–water partition coefficient (Wildman–Crippen LogP) is 0.830. The normalized spacial score (nSPS) is 16.3. The van der Waals surface area contributed by atoms with E-state index in [2.05, 4.69) is 10.1 Å². The van der Waals surface area contributed by atoms with Gasteiger partial charge in [-0.2, -0.15) is 5.10 Å². The molecular formula is C15H15N5O3. The van der Waals surface area contributed by atoms with E-state index in [0.29, 0.717) is 0 Å². The molecule has 0 aliphatic carbocycles. The van der Waals surface area contributed by atoms with Crippen molar-refractivity contribution in [3.05, 3.63) is 48.5 Å². The first-order valence-corrected chi connectivity index (χ1v) is 7.16. The Morgan fingerprint density at radius 2 is 1.78 bits per heavy atom. The topological polar surface area (TPSA) is 88.4 Å². The zero-order valence-corrected chi connectivity index (χ0v) is 12.5. The lowest BCUT2D eigenvalue weighted by Gasteiger charge is -2.22. The Hall–Kier alpha value is -3.03. The summed E-state index contributed by atoms with van der Waals surface area (Å²) in [5.74, 6) is -1.61. The molecule has 118 valence electrons. The van der Waals surface area contributed by atoms with Crippen LogP contribution in [0.1, 0.15) is 18.5 Å². The highest BCUT2D eigenvalue weighted by molar-refractivity contribution is 6.44. The lowest BCUT2D eigenvalue weighted by molar-refractivity contribution is -0.144. The first-order chi connectivity index (χ1) is 11.1. The fourth-order valence-electron chi connectivity index (χ4n) is 2.49. The number of hydrogen-bond donors (Lipinski definition) is 0. The molecule has 1 aromatic heterocycles. The van der Waals surface area contributed by atoms with Crippen molar-refractivity contribution in [2.45, 2.75) is 19.5 Å². The van der Waals surface area contributed by atoms with Crippen LogP contribution in [0.4, 0.5) is 4.79 Å². The number of aromatic nitrogens is 3. The smallest absolute Gasteiger partial charge is 0.263 e. The van der Waals surface area contributed by atoms with E-state index in [9.17, 15) is 14.4 Å². The second-order valence-electron chi connectivity index (χ2n) is 5.16. The van der Waals surface area contributed by atoms with Gasteiger partial charge in [0.15, 0.2) is 0 Å². The molecule has 8 nitrogen and oxygen atoms in total. The van der Waals surface area contributed by atoms with Crippen LogP contribution in [0.3, 0.4) is 0 Å². The summed E-state index contributed by atoms with van der Waals surface area (Å²) in [5, 5.41) is 3.91. The Labute approximate surface area is 132 Å². The van der Waals surface area contributed by atoms with E-state index in [0.717, 1.165) is 15.4 Å². The molecule has 0 spiro atoms. The molecule has 1 aliphatic rings. The standard InChI is InChI=1S/C15H15N5O3/c1-11(12-5-3-2-4-6-12)20-14(22)13(21)19(15(20)23)8-7-18-10-16-9-17-18/h2-6,9-11H,7-8H2,1H3/t11-/m0/s1. The predicted molar refractivity (Wildman–Crippen MR) is 78.8 cm³/mol. The third-order valence-electron chi connectivity index (χ3n) is 3.77. The summed E-state index contributed by atoms with van der Waals surface area (Å²) in [4.78, 5) is 42.5. The third-order valence-corrected chi connectivity index (χ3v) is 3.77. The maximum atomic E-state index is 12.5. The molecular weight excluding hydrogens is 298 g/mol. The molecule has 1 fully saturated rings. The molecule has 0 bridgehead atoms. The van der Waals surface area contributed by atoms with Crippen LogP contribution in [0.5, 0.6) is 0 Å². The number of nitrogens with zero attached hydrogens (tertiary/aromatic N) is 5. The monoisotopic (exact) mass is 313 g/mol. The summed E-state index contributed by atoms with van der Waals surface area (Å²) >= 11 is 0. The fraction of sp³-hybridized carbons (Fsp3) is 0.267. The Bertz CT molecular complexity index is 729. The second kappa shape index (κ2) is 5.99. The van der Waals surface area contributed by atoms with Gasteiger partial charge in [0.05, 0.1) is 19.1 Å². The number of imide groups is 2. The molecule has 3 rings (SSSR count). The summed E-state index contributed by atoms with van der Waals surface area (Å²) in [6.07, 6.45) is 2.85. The van der Waals surface area contributed by atoms with E-state index < -0.39 is 23.9 Å². The minimum absolute atomic E-state index is 0.0742. The van der Waals surface area contributed by atoms with Crippen molar-refractivity contribution < 1.29 is 14.4 Å². The molecule has 1 aromatic carbocycles. The SMILES string of the molecule is C[C@@H](c1ccccc1)N1C(=O)C(=O)N(CCn2cncn2)C1=O. The average molecular weight is 313 g/mol. The van der Waals surface area contributed by atoms with Gasteiger partial charge in [-0.15, -0.1) is 0 Å². The van der Waals surface area contributed by atoms with Crippen LogP contribution in [-0.2, 0) is 16.1 Å². The molecule has 1 atom stereocenters. The van der Waals surface area contributed by atoms with Gasteiger partial charge in [-0.3, -0.25) is 19.2 Å². The molecule has 23 heavy (non-hydrogen) atoms. The number of carbonyl (C=O) groups is 3. The maximum Gasteiger partial charge on any atom is 0.334 e. The van der Waals surface area contributed by atoms with E-state index in [1.54, 1.807) is 6.92 Å². The van der Waals surface area contributed by atoms with Crippen LogP contribution in [0.25, 0.3) is 0 Å². The summed E-state index contributed by atoms with van der Waals surface area (Å²) in [7, 11) is 0. The highest BCUT2D eigenvalue weighted by Crippen LogP contribution is 2.25. The lowest BCUT2D eigenvalue weighted by atomic mass is 10.1. The summed E-state index contributed by atoms with van der Waals surface area (Å²) < 4.78 is 1.49. The van der Waals surface area contributed by atoms with Crippen molar-refractivity contribution in [3.63, 3.8) is 0 Å². The van der Waals surface area contributed by atoms with Gasteiger partial charge in [0.25, 0.3) is 0 Å². The van der Waals surface area contributed by atoms with Crippen molar-refractivity contribution in [3.8, 4) is 0 Å². The van der Waals surface area contributed by atoms with Crippen molar-refractivity contribution in [2.75, 3.05) is 6.54 Å². The number of rotatable bonds is 5. The Balaban J connectivity index is 1.76. The van der Waals surface area contributed by atoms with Gasteiger partial charge in [0.2, 0.25) is 0 Å².